The molecule has 0 amide bonds. The van der Waals surface area contributed by atoms with Gasteiger partial charge in [-0.1, -0.05) is 13.3 Å². The first-order chi connectivity index (χ1) is 6.09. The smallest absolute Gasteiger partial charge is 0.246 e. The molecule has 0 unspecified atom stereocenters. The van der Waals surface area contributed by atoms with Gasteiger partial charge in [-0.15, -0.1) is 0 Å². The number of aromatic nitrogens is 3. The van der Waals surface area contributed by atoms with E-state index in [1.807, 2.05) is 6.92 Å². The summed E-state index contributed by atoms with van der Waals surface area (Å²) in [4.78, 5) is 22.7. The van der Waals surface area contributed by atoms with E-state index in [1.54, 1.807) is 7.05 Å². The lowest BCUT2D eigenvalue weighted by molar-refractivity contribution is 0.466. The monoisotopic (exact) mass is 185 g/mol. The summed E-state index contributed by atoms with van der Waals surface area (Å²) in [5, 5.41) is 0. The molecular formula is C8H15N3O2. The quantitative estimate of drug-likeness (QED) is 0.648. The molecule has 0 N–H and O–H groups in total. The summed E-state index contributed by atoms with van der Waals surface area (Å²) in [5.74, 6) is 0. The van der Waals surface area contributed by atoms with Crippen molar-refractivity contribution in [2.24, 2.45) is 14.1 Å². The molecule has 0 radical (unpaired) electrons. The van der Waals surface area contributed by atoms with Gasteiger partial charge in [-0.3, -0.25) is 0 Å². The molecule has 0 aromatic carbocycles. The molecule has 0 aliphatic carbocycles. The van der Waals surface area contributed by atoms with E-state index in [0.29, 0.717) is 6.54 Å². The van der Waals surface area contributed by atoms with Gasteiger partial charge in [0, 0.05) is 20.6 Å². The molecule has 13 heavy (non-hydrogen) atoms. The summed E-state index contributed by atoms with van der Waals surface area (Å²) in [5.41, 5.74) is -0.498. The van der Waals surface area contributed by atoms with Gasteiger partial charge in [0.25, 0.3) is 0 Å². The Morgan fingerprint density at radius 1 is 1.15 bits per heavy atom. The van der Waals surface area contributed by atoms with E-state index in [2.05, 4.69) is 0 Å². The Labute approximate surface area is 76.2 Å². The summed E-state index contributed by atoms with van der Waals surface area (Å²) >= 11 is 0. The van der Waals surface area contributed by atoms with Crippen LogP contribution >= 0.6 is 0 Å². The molecule has 5 heteroatoms. The fourth-order valence-electron chi connectivity index (χ4n) is 1.26. The van der Waals surface area contributed by atoms with E-state index in [1.165, 1.54) is 16.4 Å². The third-order valence-electron chi connectivity index (χ3n) is 2.16. The zero-order chi connectivity index (χ0) is 10.0. The number of hydrogen-bond acceptors (Lipinski definition) is 2. The summed E-state index contributed by atoms with van der Waals surface area (Å²) in [6, 6.07) is 0. The highest BCUT2D eigenvalue weighted by Crippen LogP contribution is 1.88. The Morgan fingerprint density at radius 2 is 1.77 bits per heavy atom. The number of unbranched alkanes of at least 4 members (excludes halogenated alkanes) is 1. The lowest BCUT2D eigenvalue weighted by Gasteiger charge is -2.02. The summed E-state index contributed by atoms with van der Waals surface area (Å²) in [6.07, 6.45) is 1.92. The zero-order valence-electron chi connectivity index (χ0n) is 8.28. The predicted octanol–water partition coefficient (Wildman–Crippen LogP) is -0.314. The minimum Gasteiger partial charge on any atom is -0.246 e. The van der Waals surface area contributed by atoms with Crippen LogP contribution in [0.1, 0.15) is 19.8 Å². The lowest BCUT2D eigenvalue weighted by atomic mass is 10.3. The second kappa shape index (κ2) is 3.64. The van der Waals surface area contributed by atoms with Gasteiger partial charge < -0.3 is 0 Å². The maximum Gasteiger partial charge on any atom is 0.346 e. The summed E-state index contributed by atoms with van der Waals surface area (Å²) in [6.45, 7) is 2.66. The standard InChI is InChI=1S/C8H15N3O2/c1-4-5-6-11-8(13)9(2)7(12)10(11)3/h4-6H2,1-3H3. The maximum atomic E-state index is 11.4. The van der Waals surface area contributed by atoms with Crippen LogP contribution in [0.4, 0.5) is 0 Å². The van der Waals surface area contributed by atoms with Gasteiger partial charge in [0.05, 0.1) is 0 Å². The Bertz CT molecular complexity index is 397. The molecule has 0 spiro atoms. The summed E-state index contributed by atoms with van der Waals surface area (Å²) < 4.78 is 3.94. The zero-order valence-corrected chi connectivity index (χ0v) is 8.28. The van der Waals surface area contributed by atoms with E-state index >= 15 is 0 Å². The van der Waals surface area contributed by atoms with Crippen LogP contribution in [-0.4, -0.2) is 13.9 Å². The Hall–Kier alpha value is -1.26. The third-order valence-corrected chi connectivity index (χ3v) is 2.16. The van der Waals surface area contributed by atoms with E-state index in [0.717, 1.165) is 17.4 Å². The molecule has 1 aromatic rings. The second-order valence-electron chi connectivity index (χ2n) is 3.12. The van der Waals surface area contributed by atoms with Gasteiger partial charge in [-0.2, -0.15) is 0 Å². The molecule has 0 atom stereocenters. The maximum absolute atomic E-state index is 11.4. The van der Waals surface area contributed by atoms with Gasteiger partial charge >= 0.3 is 11.4 Å². The van der Waals surface area contributed by atoms with Gasteiger partial charge in [-0.05, 0) is 6.42 Å². The fraction of sp³-hybridized carbons (Fsp3) is 0.750. The van der Waals surface area contributed by atoms with Crippen molar-refractivity contribution in [1.29, 1.82) is 0 Å². The van der Waals surface area contributed by atoms with E-state index in [9.17, 15) is 9.59 Å². The normalized spacial score (nSPS) is 10.7. The van der Waals surface area contributed by atoms with Crippen LogP contribution in [0.5, 0.6) is 0 Å². The first kappa shape index (κ1) is 9.83. The van der Waals surface area contributed by atoms with Crippen LogP contribution in [0.15, 0.2) is 9.59 Å². The number of hydrogen-bond donors (Lipinski definition) is 0. The highest BCUT2D eigenvalue weighted by Gasteiger charge is 2.07. The average Bonchev–Trinajstić information content (AvgIpc) is 2.30. The SMILES string of the molecule is CCCCn1c(=O)n(C)c(=O)n1C. The molecule has 0 bridgehead atoms. The van der Waals surface area contributed by atoms with Crippen LogP contribution in [0, 0.1) is 0 Å². The van der Waals surface area contributed by atoms with Crippen LogP contribution in [0.2, 0.25) is 0 Å². The van der Waals surface area contributed by atoms with Crippen molar-refractivity contribution in [2.75, 3.05) is 0 Å². The van der Waals surface area contributed by atoms with E-state index in [4.69, 9.17) is 0 Å². The summed E-state index contributed by atoms with van der Waals surface area (Å²) in [7, 11) is 3.10. The van der Waals surface area contributed by atoms with Crippen molar-refractivity contribution in [3.8, 4) is 0 Å². The molecule has 1 heterocycles. The minimum absolute atomic E-state index is 0.235. The fourth-order valence-corrected chi connectivity index (χ4v) is 1.26. The molecule has 0 fully saturated rings. The highest BCUT2D eigenvalue weighted by atomic mass is 16.2. The van der Waals surface area contributed by atoms with E-state index in [-0.39, 0.29) is 11.4 Å². The highest BCUT2D eigenvalue weighted by molar-refractivity contribution is 4.70. The van der Waals surface area contributed by atoms with Crippen LogP contribution in [-0.2, 0) is 20.6 Å². The molecule has 74 valence electrons. The second-order valence-corrected chi connectivity index (χ2v) is 3.12. The topological polar surface area (TPSA) is 48.9 Å². The van der Waals surface area contributed by atoms with Crippen LogP contribution in [0.3, 0.4) is 0 Å². The lowest BCUT2D eigenvalue weighted by Crippen LogP contribution is -2.25. The van der Waals surface area contributed by atoms with Crippen molar-refractivity contribution >= 4 is 0 Å². The van der Waals surface area contributed by atoms with Crippen LogP contribution in [0.25, 0.3) is 0 Å². The first-order valence-corrected chi connectivity index (χ1v) is 4.42. The molecular weight excluding hydrogens is 170 g/mol. The Kier molecular flexibility index (Phi) is 2.75. The molecule has 0 saturated carbocycles. The van der Waals surface area contributed by atoms with Crippen molar-refractivity contribution < 1.29 is 0 Å². The predicted molar refractivity (Wildman–Crippen MR) is 49.8 cm³/mol. The van der Waals surface area contributed by atoms with Gasteiger partial charge in [-0.25, -0.2) is 23.5 Å². The number of rotatable bonds is 3. The van der Waals surface area contributed by atoms with Gasteiger partial charge in [0.15, 0.2) is 0 Å². The largest absolute Gasteiger partial charge is 0.346 e. The van der Waals surface area contributed by atoms with Crippen molar-refractivity contribution in [2.45, 2.75) is 26.3 Å². The molecule has 0 saturated heterocycles. The minimum atomic E-state index is -0.263. The van der Waals surface area contributed by atoms with Crippen molar-refractivity contribution in [3.63, 3.8) is 0 Å². The van der Waals surface area contributed by atoms with E-state index < -0.39 is 0 Å². The van der Waals surface area contributed by atoms with Gasteiger partial charge in [0.1, 0.15) is 0 Å². The van der Waals surface area contributed by atoms with Gasteiger partial charge in [0.2, 0.25) is 0 Å². The molecule has 0 aliphatic rings. The number of nitrogens with zero attached hydrogens (tertiary/aromatic N) is 3. The first-order valence-electron chi connectivity index (χ1n) is 4.42. The Balaban J connectivity index is 3.14. The molecule has 0 aliphatic heterocycles. The molecule has 5 nitrogen and oxygen atoms in total. The molecule has 1 aromatic heterocycles. The molecule has 1 rings (SSSR count). The van der Waals surface area contributed by atoms with Crippen LogP contribution < -0.4 is 11.4 Å². The third kappa shape index (κ3) is 1.59. The van der Waals surface area contributed by atoms with Crippen molar-refractivity contribution in [3.05, 3.63) is 21.0 Å². The Morgan fingerprint density at radius 3 is 2.15 bits per heavy atom. The van der Waals surface area contributed by atoms with Crippen molar-refractivity contribution in [1.82, 2.24) is 13.9 Å². The average molecular weight is 185 g/mol.